The van der Waals surface area contributed by atoms with E-state index in [9.17, 15) is 14.9 Å². The van der Waals surface area contributed by atoms with Crippen LogP contribution in [0.4, 0.5) is 5.88 Å². The van der Waals surface area contributed by atoms with Gasteiger partial charge in [0.25, 0.3) is 0 Å². The fourth-order valence-electron chi connectivity index (χ4n) is 1.60. The molecule has 0 radical (unpaired) electrons. The van der Waals surface area contributed by atoms with Crippen molar-refractivity contribution >= 4 is 17.5 Å². The van der Waals surface area contributed by atoms with Gasteiger partial charge in [0, 0.05) is 0 Å². The Bertz CT molecular complexity index is 701. The van der Waals surface area contributed by atoms with Gasteiger partial charge in [0.1, 0.15) is 4.92 Å². The summed E-state index contributed by atoms with van der Waals surface area (Å²) < 4.78 is 4.78. The van der Waals surface area contributed by atoms with Gasteiger partial charge in [-0.1, -0.05) is 29.8 Å². The van der Waals surface area contributed by atoms with Crippen LogP contribution in [0.5, 0.6) is 0 Å². The van der Waals surface area contributed by atoms with E-state index < -0.39 is 16.7 Å². The van der Waals surface area contributed by atoms with Gasteiger partial charge < -0.3 is 4.42 Å². The van der Waals surface area contributed by atoms with E-state index in [-0.39, 0.29) is 5.76 Å². The molecule has 1 heterocycles. The molecule has 2 rings (SSSR count). The number of furan rings is 1. The van der Waals surface area contributed by atoms with Crippen LogP contribution in [0.2, 0.25) is 0 Å². The molecular formula is C14H13N3O4. The van der Waals surface area contributed by atoms with Crippen LogP contribution in [0.3, 0.4) is 0 Å². The predicted octanol–water partition coefficient (Wildman–Crippen LogP) is 2.65. The van der Waals surface area contributed by atoms with E-state index in [1.54, 1.807) is 6.92 Å². The Morgan fingerprint density at radius 3 is 2.48 bits per heavy atom. The Hall–Kier alpha value is -2.96. The van der Waals surface area contributed by atoms with Gasteiger partial charge in [0.15, 0.2) is 0 Å². The van der Waals surface area contributed by atoms with Gasteiger partial charge in [0.05, 0.1) is 11.8 Å². The Morgan fingerprint density at radius 2 is 1.90 bits per heavy atom. The number of amides is 1. The zero-order valence-electron chi connectivity index (χ0n) is 11.5. The molecule has 0 bridgehead atoms. The molecule has 0 saturated carbocycles. The van der Waals surface area contributed by atoms with Gasteiger partial charge in [0.2, 0.25) is 5.76 Å². The minimum atomic E-state index is -0.711. The van der Waals surface area contributed by atoms with Crippen molar-refractivity contribution < 1.29 is 14.1 Å². The number of nitrogens with one attached hydrogen (secondary N) is 1. The average molecular weight is 287 g/mol. The van der Waals surface area contributed by atoms with Crippen LogP contribution in [0.25, 0.3) is 0 Å². The first-order valence-corrected chi connectivity index (χ1v) is 6.13. The number of carbonyl (C=O) groups is 1. The Labute approximate surface area is 120 Å². The van der Waals surface area contributed by atoms with Crippen molar-refractivity contribution in [3.05, 3.63) is 63.4 Å². The fraction of sp³-hybridized carbons (Fsp3) is 0.143. The fourth-order valence-corrected chi connectivity index (χ4v) is 1.60. The molecule has 1 N–H and O–H groups in total. The minimum absolute atomic E-state index is 0.165. The largest absolute Gasteiger partial charge is 0.433 e. The highest BCUT2D eigenvalue weighted by molar-refractivity contribution is 6.00. The van der Waals surface area contributed by atoms with E-state index in [1.165, 1.54) is 6.07 Å². The Kier molecular flexibility index (Phi) is 4.13. The monoisotopic (exact) mass is 287 g/mol. The normalized spacial score (nSPS) is 11.2. The summed E-state index contributed by atoms with van der Waals surface area (Å²) in [6.45, 7) is 3.72. The third-order valence-electron chi connectivity index (χ3n) is 2.79. The van der Waals surface area contributed by atoms with Gasteiger partial charge in [-0.15, -0.1) is 0 Å². The molecule has 1 aromatic heterocycles. The molecule has 7 heteroatoms. The lowest BCUT2D eigenvalue weighted by Gasteiger charge is -2.02. The summed E-state index contributed by atoms with van der Waals surface area (Å²) in [7, 11) is 0. The average Bonchev–Trinajstić information content (AvgIpc) is 2.95. The van der Waals surface area contributed by atoms with Gasteiger partial charge in [-0.3, -0.25) is 14.9 Å². The third kappa shape index (κ3) is 3.53. The van der Waals surface area contributed by atoms with Crippen LogP contribution in [-0.4, -0.2) is 16.5 Å². The van der Waals surface area contributed by atoms with Crippen molar-refractivity contribution in [3.63, 3.8) is 0 Å². The van der Waals surface area contributed by atoms with Crippen LogP contribution < -0.4 is 5.43 Å². The number of hydrazone groups is 1. The highest BCUT2D eigenvalue weighted by atomic mass is 16.6. The van der Waals surface area contributed by atoms with Crippen molar-refractivity contribution in [1.29, 1.82) is 0 Å². The van der Waals surface area contributed by atoms with Crippen LogP contribution in [0.1, 0.15) is 28.6 Å². The van der Waals surface area contributed by atoms with Gasteiger partial charge in [-0.25, -0.2) is 5.43 Å². The van der Waals surface area contributed by atoms with E-state index in [0.717, 1.165) is 17.2 Å². The summed E-state index contributed by atoms with van der Waals surface area (Å²) in [5.74, 6) is -1.30. The van der Waals surface area contributed by atoms with Crippen LogP contribution in [0.15, 0.2) is 45.9 Å². The smallest absolute Gasteiger partial charge is 0.395 e. The molecule has 0 atom stereocenters. The second-order valence-corrected chi connectivity index (χ2v) is 4.40. The van der Waals surface area contributed by atoms with Gasteiger partial charge in [-0.2, -0.15) is 5.10 Å². The van der Waals surface area contributed by atoms with Crippen LogP contribution in [0, 0.1) is 17.0 Å². The second kappa shape index (κ2) is 6.00. The first-order chi connectivity index (χ1) is 9.97. The zero-order chi connectivity index (χ0) is 15.4. The molecule has 0 spiro atoms. The van der Waals surface area contributed by atoms with Crippen molar-refractivity contribution in [2.45, 2.75) is 13.8 Å². The Balaban J connectivity index is 2.06. The van der Waals surface area contributed by atoms with Crippen LogP contribution >= 0.6 is 0 Å². The van der Waals surface area contributed by atoms with E-state index in [2.05, 4.69) is 10.5 Å². The number of rotatable bonds is 4. The maximum Gasteiger partial charge on any atom is 0.433 e. The summed E-state index contributed by atoms with van der Waals surface area (Å²) >= 11 is 0. The maximum atomic E-state index is 11.7. The first-order valence-electron chi connectivity index (χ1n) is 6.13. The number of aryl methyl sites for hydroxylation is 1. The SMILES string of the molecule is C/C(=N/NC(=O)c1ccc([N+](=O)[O-])o1)c1ccc(C)cc1. The van der Waals surface area contributed by atoms with E-state index in [0.29, 0.717) is 5.71 Å². The molecule has 1 aromatic carbocycles. The topological polar surface area (TPSA) is 97.7 Å². The van der Waals surface area contributed by atoms with E-state index in [4.69, 9.17) is 4.42 Å². The number of hydrogen-bond acceptors (Lipinski definition) is 5. The molecule has 1 amide bonds. The lowest BCUT2D eigenvalue weighted by atomic mass is 10.1. The van der Waals surface area contributed by atoms with E-state index in [1.807, 2.05) is 31.2 Å². The van der Waals surface area contributed by atoms with Gasteiger partial charge in [-0.05, 0) is 25.5 Å². The maximum absolute atomic E-state index is 11.7. The second-order valence-electron chi connectivity index (χ2n) is 4.40. The van der Waals surface area contributed by atoms with E-state index >= 15 is 0 Å². The zero-order valence-corrected chi connectivity index (χ0v) is 11.5. The lowest BCUT2D eigenvalue weighted by molar-refractivity contribution is -0.402. The highest BCUT2D eigenvalue weighted by Gasteiger charge is 2.16. The highest BCUT2D eigenvalue weighted by Crippen LogP contribution is 2.15. The molecule has 0 aliphatic carbocycles. The molecule has 0 unspecified atom stereocenters. The molecule has 108 valence electrons. The Morgan fingerprint density at radius 1 is 1.24 bits per heavy atom. The number of hydrogen-bond donors (Lipinski definition) is 1. The third-order valence-corrected chi connectivity index (χ3v) is 2.79. The number of carbonyl (C=O) groups excluding carboxylic acids is 1. The molecular weight excluding hydrogens is 274 g/mol. The van der Waals surface area contributed by atoms with Crippen molar-refractivity contribution in [2.75, 3.05) is 0 Å². The lowest BCUT2D eigenvalue weighted by Crippen LogP contribution is -2.18. The van der Waals surface area contributed by atoms with Gasteiger partial charge >= 0.3 is 11.8 Å². The quantitative estimate of drug-likeness (QED) is 0.531. The minimum Gasteiger partial charge on any atom is -0.395 e. The van der Waals surface area contributed by atoms with Crippen molar-refractivity contribution in [3.8, 4) is 0 Å². The molecule has 7 nitrogen and oxygen atoms in total. The summed E-state index contributed by atoms with van der Waals surface area (Å²) in [6.07, 6.45) is 0. The standard InChI is InChI=1S/C14H13N3O4/c1-9-3-5-11(6-4-9)10(2)15-16-14(18)12-7-8-13(21-12)17(19)20/h3-8H,1-2H3,(H,16,18)/b15-10-. The van der Waals surface area contributed by atoms with Crippen molar-refractivity contribution in [1.82, 2.24) is 5.43 Å². The molecule has 2 aromatic rings. The van der Waals surface area contributed by atoms with Crippen LogP contribution in [-0.2, 0) is 0 Å². The number of nitrogens with zero attached hydrogens (tertiary/aromatic N) is 2. The summed E-state index contributed by atoms with van der Waals surface area (Å²) in [6, 6.07) is 9.99. The molecule has 0 saturated heterocycles. The number of nitro groups is 1. The molecule has 21 heavy (non-hydrogen) atoms. The molecule has 0 aliphatic rings. The summed E-state index contributed by atoms with van der Waals surface area (Å²) in [4.78, 5) is 21.5. The molecule has 0 fully saturated rings. The predicted molar refractivity (Wildman–Crippen MR) is 76.2 cm³/mol. The summed E-state index contributed by atoms with van der Waals surface area (Å²) in [5, 5.41) is 14.4. The number of benzene rings is 1. The molecule has 0 aliphatic heterocycles. The first kappa shape index (κ1) is 14.4. The summed E-state index contributed by atoms with van der Waals surface area (Å²) in [5.41, 5.74) is 4.90. The van der Waals surface area contributed by atoms with Crippen molar-refractivity contribution in [2.24, 2.45) is 5.10 Å².